The molecule has 0 bridgehead atoms. The Morgan fingerprint density at radius 1 is 0.833 bits per heavy atom. The predicted molar refractivity (Wildman–Crippen MR) is 110 cm³/mol. The number of cyclic esters (lactones) is 1. The molecule has 6 heteroatoms. The number of para-hydroxylation sites is 1. The van der Waals surface area contributed by atoms with Crippen molar-refractivity contribution in [1.82, 2.24) is 0 Å². The third-order valence-electron chi connectivity index (χ3n) is 4.74. The Morgan fingerprint density at radius 3 is 2.07 bits per heavy atom. The van der Waals surface area contributed by atoms with Gasteiger partial charge in [-0.05, 0) is 42.0 Å². The SMILES string of the molecule is O=C1CC(c2ccccc2)OC(=O)C1C(=O)Nc1ccc(Oc2ccccc2)cc1. The minimum atomic E-state index is -1.47. The van der Waals surface area contributed by atoms with Crippen LogP contribution in [0.3, 0.4) is 0 Å². The van der Waals surface area contributed by atoms with Crippen molar-refractivity contribution in [2.24, 2.45) is 5.92 Å². The number of ether oxygens (including phenoxy) is 2. The molecule has 0 aromatic heterocycles. The van der Waals surface area contributed by atoms with Crippen LogP contribution in [0.15, 0.2) is 84.9 Å². The molecular weight excluding hydrogens is 382 g/mol. The first kappa shape index (κ1) is 19.4. The van der Waals surface area contributed by atoms with Crippen LogP contribution in [0.1, 0.15) is 18.1 Å². The molecule has 0 spiro atoms. The summed E-state index contributed by atoms with van der Waals surface area (Å²) in [5.74, 6) is -2.17. The summed E-state index contributed by atoms with van der Waals surface area (Å²) >= 11 is 0. The molecule has 4 rings (SSSR count). The molecule has 1 aliphatic heterocycles. The van der Waals surface area contributed by atoms with Gasteiger partial charge in [0.1, 0.15) is 17.6 Å². The van der Waals surface area contributed by atoms with Crippen molar-refractivity contribution in [2.75, 3.05) is 5.32 Å². The molecule has 1 N–H and O–H groups in total. The number of esters is 1. The molecule has 1 heterocycles. The highest BCUT2D eigenvalue weighted by Gasteiger charge is 2.42. The number of nitrogens with one attached hydrogen (secondary N) is 1. The first-order valence-electron chi connectivity index (χ1n) is 9.52. The van der Waals surface area contributed by atoms with Crippen molar-refractivity contribution in [3.05, 3.63) is 90.5 Å². The maximum absolute atomic E-state index is 12.5. The fourth-order valence-electron chi connectivity index (χ4n) is 3.23. The molecule has 1 fully saturated rings. The summed E-state index contributed by atoms with van der Waals surface area (Å²) in [5.41, 5.74) is 1.18. The van der Waals surface area contributed by atoms with Gasteiger partial charge in [0.05, 0.1) is 0 Å². The molecule has 0 radical (unpaired) electrons. The van der Waals surface area contributed by atoms with Crippen molar-refractivity contribution in [1.29, 1.82) is 0 Å². The highest BCUT2D eigenvalue weighted by Crippen LogP contribution is 2.30. The third-order valence-corrected chi connectivity index (χ3v) is 4.74. The van der Waals surface area contributed by atoms with Gasteiger partial charge in [-0.15, -0.1) is 0 Å². The van der Waals surface area contributed by atoms with Gasteiger partial charge in [-0.25, -0.2) is 0 Å². The lowest BCUT2D eigenvalue weighted by atomic mass is 9.92. The van der Waals surface area contributed by atoms with E-state index in [1.165, 1.54) is 0 Å². The summed E-state index contributed by atoms with van der Waals surface area (Å²) < 4.78 is 11.1. The number of anilines is 1. The summed E-state index contributed by atoms with van der Waals surface area (Å²) in [6, 6.07) is 25.0. The highest BCUT2D eigenvalue weighted by molar-refractivity contribution is 6.21. The van der Waals surface area contributed by atoms with Gasteiger partial charge in [0, 0.05) is 12.1 Å². The second-order valence-corrected chi connectivity index (χ2v) is 6.87. The lowest BCUT2D eigenvalue weighted by molar-refractivity contribution is -0.166. The van der Waals surface area contributed by atoms with Gasteiger partial charge >= 0.3 is 5.97 Å². The number of hydrogen-bond acceptors (Lipinski definition) is 5. The van der Waals surface area contributed by atoms with Crippen LogP contribution in [0.5, 0.6) is 11.5 Å². The zero-order valence-electron chi connectivity index (χ0n) is 16.0. The van der Waals surface area contributed by atoms with Crippen molar-refractivity contribution in [3.63, 3.8) is 0 Å². The summed E-state index contributed by atoms with van der Waals surface area (Å²) in [6.45, 7) is 0. The maximum atomic E-state index is 12.5. The minimum absolute atomic E-state index is 0.0301. The van der Waals surface area contributed by atoms with Crippen molar-refractivity contribution in [3.8, 4) is 11.5 Å². The Labute approximate surface area is 173 Å². The molecule has 2 unspecified atom stereocenters. The quantitative estimate of drug-likeness (QED) is 0.509. The molecule has 0 saturated carbocycles. The van der Waals surface area contributed by atoms with E-state index in [1.54, 1.807) is 48.5 Å². The molecule has 0 aliphatic carbocycles. The molecule has 1 saturated heterocycles. The van der Waals surface area contributed by atoms with E-state index in [2.05, 4.69) is 5.32 Å². The Kier molecular flexibility index (Phi) is 5.57. The van der Waals surface area contributed by atoms with Crippen LogP contribution in [0.2, 0.25) is 0 Å². The molecule has 150 valence electrons. The first-order chi connectivity index (χ1) is 14.6. The fourth-order valence-corrected chi connectivity index (χ4v) is 3.23. The molecule has 1 amide bonds. The van der Waals surface area contributed by atoms with E-state index in [0.717, 1.165) is 5.56 Å². The number of ketones is 1. The van der Waals surface area contributed by atoms with E-state index in [9.17, 15) is 14.4 Å². The fraction of sp³-hybridized carbons (Fsp3) is 0.125. The smallest absolute Gasteiger partial charge is 0.326 e. The number of carbonyl (C=O) groups excluding carboxylic acids is 3. The molecule has 30 heavy (non-hydrogen) atoms. The zero-order chi connectivity index (χ0) is 20.9. The van der Waals surface area contributed by atoms with E-state index < -0.39 is 29.7 Å². The van der Waals surface area contributed by atoms with Gasteiger partial charge in [0.25, 0.3) is 0 Å². The van der Waals surface area contributed by atoms with E-state index >= 15 is 0 Å². The van der Waals surface area contributed by atoms with Crippen LogP contribution < -0.4 is 10.1 Å². The highest BCUT2D eigenvalue weighted by atomic mass is 16.5. The normalized spacial score (nSPS) is 18.4. The largest absolute Gasteiger partial charge is 0.457 e. The van der Waals surface area contributed by atoms with Crippen LogP contribution in [-0.2, 0) is 19.1 Å². The monoisotopic (exact) mass is 401 g/mol. The Bertz CT molecular complexity index is 1030. The standard InChI is InChI=1S/C24H19NO5/c26-20-15-21(16-7-3-1-4-8-16)30-24(28)22(20)23(27)25-17-11-13-19(14-12-17)29-18-9-5-2-6-10-18/h1-14,21-22H,15H2,(H,25,27). The van der Waals surface area contributed by atoms with Gasteiger partial charge in [-0.2, -0.15) is 0 Å². The lowest BCUT2D eigenvalue weighted by Gasteiger charge is -2.26. The second-order valence-electron chi connectivity index (χ2n) is 6.87. The Hall–Kier alpha value is -3.93. The molecule has 3 aromatic rings. The summed E-state index contributed by atoms with van der Waals surface area (Å²) in [7, 11) is 0. The molecular formula is C24H19NO5. The Balaban J connectivity index is 1.39. The zero-order valence-corrected chi connectivity index (χ0v) is 16.0. The topological polar surface area (TPSA) is 81.7 Å². The van der Waals surface area contributed by atoms with E-state index in [4.69, 9.17) is 9.47 Å². The van der Waals surface area contributed by atoms with Crippen LogP contribution >= 0.6 is 0 Å². The second kappa shape index (κ2) is 8.61. The van der Waals surface area contributed by atoms with E-state index in [-0.39, 0.29) is 6.42 Å². The van der Waals surface area contributed by atoms with Gasteiger partial charge < -0.3 is 14.8 Å². The van der Waals surface area contributed by atoms with Crippen molar-refractivity contribution in [2.45, 2.75) is 12.5 Å². The average Bonchev–Trinajstić information content (AvgIpc) is 2.76. The van der Waals surface area contributed by atoms with Crippen molar-refractivity contribution < 1.29 is 23.9 Å². The predicted octanol–water partition coefficient (Wildman–Crippen LogP) is 4.29. The van der Waals surface area contributed by atoms with E-state index in [1.807, 2.05) is 36.4 Å². The lowest BCUT2D eigenvalue weighted by Crippen LogP contribution is -2.42. The van der Waals surface area contributed by atoms with Gasteiger partial charge in [-0.1, -0.05) is 48.5 Å². The van der Waals surface area contributed by atoms with Crippen molar-refractivity contribution >= 4 is 23.3 Å². The number of benzene rings is 3. The van der Waals surface area contributed by atoms with Gasteiger partial charge in [0.2, 0.25) is 5.91 Å². The molecule has 1 aliphatic rings. The summed E-state index contributed by atoms with van der Waals surface area (Å²) in [5, 5.41) is 2.60. The number of amides is 1. The number of hydrogen-bond donors (Lipinski definition) is 1. The number of rotatable bonds is 5. The third kappa shape index (κ3) is 4.38. The number of carbonyl (C=O) groups is 3. The molecule has 3 aromatic carbocycles. The first-order valence-corrected chi connectivity index (χ1v) is 9.52. The average molecular weight is 401 g/mol. The van der Waals surface area contributed by atoms with Gasteiger partial charge in [-0.3, -0.25) is 14.4 Å². The summed E-state index contributed by atoms with van der Waals surface area (Å²) in [6.07, 6.45) is -0.692. The maximum Gasteiger partial charge on any atom is 0.326 e. The van der Waals surface area contributed by atoms with Crippen LogP contribution in [0.25, 0.3) is 0 Å². The summed E-state index contributed by atoms with van der Waals surface area (Å²) in [4.78, 5) is 37.4. The van der Waals surface area contributed by atoms with Crippen LogP contribution in [0.4, 0.5) is 5.69 Å². The van der Waals surface area contributed by atoms with Crippen LogP contribution in [0, 0.1) is 5.92 Å². The van der Waals surface area contributed by atoms with E-state index in [0.29, 0.717) is 17.2 Å². The minimum Gasteiger partial charge on any atom is -0.457 e. The van der Waals surface area contributed by atoms with Gasteiger partial charge in [0.15, 0.2) is 11.7 Å². The Morgan fingerprint density at radius 2 is 1.43 bits per heavy atom. The molecule has 2 atom stereocenters. The number of Topliss-reactive ketones (excluding diaryl/α,β-unsaturated/α-hetero) is 1. The van der Waals surface area contributed by atoms with Crippen LogP contribution in [-0.4, -0.2) is 17.7 Å². The molecule has 6 nitrogen and oxygen atoms in total.